The van der Waals surface area contributed by atoms with Crippen LogP contribution in [0.5, 0.6) is 0 Å². The minimum Gasteiger partial charge on any atom is -0.272 e. The van der Waals surface area contributed by atoms with Crippen LogP contribution >= 0.6 is 0 Å². The lowest BCUT2D eigenvalue weighted by atomic mass is 10.1. The van der Waals surface area contributed by atoms with Gasteiger partial charge in [-0.1, -0.05) is 91.0 Å². The molecule has 172 valence electrons. The third-order valence-corrected chi connectivity index (χ3v) is 7.27. The molecule has 0 aliphatic carbocycles. The van der Waals surface area contributed by atoms with Crippen LogP contribution in [0.1, 0.15) is 11.1 Å². The highest BCUT2D eigenvalue weighted by molar-refractivity contribution is 7.89. The maximum absolute atomic E-state index is 13.2. The molecule has 0 radical (unpaired) electrons. The zero-order chi connectivity index (χ0) is 23.8. The van der Waals surface area contributed by atoms with E-state index in [1.807, 2.05) is 72.8 Å². The van der Waals surface area contributed by atoms with Crippen LogP contribution in [0.3, 0.4) is 0 Å². The normalized spacial score (nSPS) is 11.8. The summed E-state index contributed by atoms with van der Waals surface area (Å²) in [5.74, 6) is -0.510. The summed E-state index contributed by atoms with van der Waals surface area (Å²) in [6.07, 6.45) is 2.06. The number of benzene rings is 4. The molecule has 7 heteroatoms. The molecule has 1 amide bonds. The summed E-state index contributed by atoms with van der Waals surface area (Å²) >= 11 is 0. The van der Waals surface area contributed by atoms with Crippen molar-refractivity contribution in [2.45, 2.75) is 11.3 Å². The number of carbonyl (C=O) groups excluding carboxylic acids is 1. The number of amides is 1. The van der Waals surface area contributed by atoms with E-state index >= 15 is 0 Å². The molecule has 0 saturated carbocycles. The van der Waals surface area contributed by atoms with Crippen molar-refractivity contribution in [3.63, 3.8) is 0 Å². The van der Waals surface area contributed by atoms with Crippen LogP contribution in [0.25, 0.3) is 10.8 Å². The van der Waals surface area contributed by atoms with Crippen molar-refractivity contribution in [1.29, 1.82) is 0 Å². The van der Waals surface area contributed by atoms with E-state index in [0.717, 1.165) is 21.9 Å². The fourth-order valence-corrected chi connectivity index (χ4v) is 5.07. The number of hydrazone groups is 1. The van der Waals surface area contributed by atoms with Crippen molar-refractivity contribution in [3.05, 3.63) is 114 Å². The van der Waals surface area contributed by atoms with E-state index in [1.54, 1.807) is 24.4 Å². The molecular weight excluding hydrogens is 446 g/mol. The Bertz CT molecular complexity index is 1380. The Morgan fingerprint density at radius 3 is 2.24 bits per heavy atom. The number of nitrogens with one attached hydrogen (secondary N) is 1. The molecule has 0 unspecified atom stereocenters. The Labute approximate surface area is 199 Å². The molecule has 4 aromatic rings. The van der Waals surface area contributed by atoms with Gasteiger partial charge in [-0.15, -0.1) is 0 Å². The van der Waals surface area contributed by atoms with Crippen LogP contribution in [-0.4, -0.2) is 37.9 Å². The fourth-order valence-electron chi connectivity index (χ4n) is 3.66. The zero-order valence-corrected chi connectivity index (χ0v) is 19.4. The van der Waals surface area contributed by atoms with Gasteiger partial charge in [-0.05, 0) is 34.9 Å². The first-order valence-electron chi connectivity index (χ1n) is 10.9. The number of hydrogen-bond donors (Lipinski definition) is 1. The lowest BCUT2D eigenvalue weighted by Crippen LogP contribution is -2.40. The van der Waals surface area contributed by atoms with Gasteiger partial charge >= 0.3 is 0 Å². The molecular formula is C27H25N3O3S. The number of carbonyl (C=O) groups is 1. The van der Waals surface area contributed by atoms with Gasteiger partial charge in [0.05, 0.1) is 17.7 Å². The molecule has 0 atom stereocenters. The van der Waals surface area contributed by atoms with Crippen molar-refractivity contribution >= 4 is 32.9 Å². The average molecular weight is 472 g/mol. The molecule has 0 aliphatic heterocycles. The van der Waals surface area contributed by atoms with Gasteiger partial charge < -0.3 is 0 Å². The summed E-state index contributed by atoms with van der Waals surface area (Å²) in [6, 6.07) is 31.4. The molecule has 0 saturated heterocycles. The van der Waals surface area contributed by atoms with Crippen LogP contribution in [0, 0.1) is 0 Å². The molecule has 34 heavy (non-hydrogen) atoms. The first kappa shape index (κ1) is 23.4. The molecule has 0 bridgehead atoms. The van der Waals surface area contributed by atoms with Crippen LogP contribution < -0.4 is 5.43 Å². The first-order valence-corrected chi connectivity index (χ1v) is 12.4. The smallest absolute Gasteiger partial charge is 0.255 e. The Hall–Kier alpha value is -3.81. The Morgan fingerprint density at radius 1 is 0.824 bits per heavy atom. The number of fused-ring (bicyclic) bond motifs is 1. The van der Waals surface area contributed by atoms with E-state index in [0.29, 0.717) is 6.42 Å². The molecule has 6 nitrogen and oxygen atoms in total. The van der Waals surface area contributed by atoms with Gasteiger partial charge in [0.2, 0.25) is 10.0 Å². The summed E-state index contributed by atoms with van der Waals surface area (Å²) in [5, 5.41) is 6.15. The largest absolute Gasteiger partial charge is 0.272 e. The third kappa shape index (κ3) is 5.75. The fraction of sp³-hybridized carbons (Fsp3) is 0.111. The first-order chi connectivity index (χ1) is 16.5. The minimum atomic E-state index is -3.85. The zero-order valence-electron chi connectivity index (χ0n) is 18.5. The maximum atomic E-state index is 13.2. The Morgan fingerprint density at radius 2 is 1.47 bits per heavy atom. The maximum Gasteiger partial charge on any atom is 0.255 e. The predicted molar refractivity (Wildman–Crippen MR) is 135 cm³/mol. The van der Waals surface area contributed by atoms with Crippen molar-refractivity contribution in [1.82, 2.24) is 9.73 Å². The summed E-state index contributed by atoms with van der Waals surface area (Å²) < 4.78 is 27.7. The molecule has 0 spiro atoms. The van der Waals surface area contributed by atoms with E-state index in [1.165, 1.54) is 16.4 Å². The van der Waals surface area contributed by atoms with Crippen molar-refractivity contribution in [2.24, 2.45) is 5.10 Å². The van der Waals surface area contributed by atoms with Crippen molar-refractivity contribution < 1.29 is 13.2 Å². The molecule has 0 heterocycles. The lowest BCUT2D eigenvalue weighted by molar-refractivity contribution is -0.121. The van der Waals surface area contributed by atoms with E-state index in [4.69, 9.17) is 0 Å². The monoisotopic (exact) mass is 471 g/mol. The molecule has 0 aliphatic rings. The van der Waals surface area contributed by atoms with Gasteiger partial charge in [-0.3, -0.25) is 4.79 Å². The van der Waals surface area contributed by atoms with Gasteiger partial charge in [0.15, 0.2) is 0 Å². The SMILES string of the molecule is O=C(CN(CCc1ccccc1)S(=O)(=O)c1ccccc1)N/N=C\c1cccc2ccccc12. The van der Waals surface area contributed by atoms with E-state index in [-0.39, 0.29) is 18.0 Å². The third-order valence-electron chi connectivity index (χ3n) is 5.41. The highest BCUT2D eigenvalue weighted by atomic mass is 32.2. The summed E-state index contributed by atoms with van der Waals surface area (Å²) in [4.78, 5) is 12.8. The van der Waals surface area contributed by atoms with Crippen LogP contribution in [0.2, 0.25) is 0 Å². The topological polar surface area (TPSA) is 78.8 Å². The summed E-state index contributed by atoms with van der Waals surface area (Å²) in [5.41, 5.74) is 4.32. The second kappa shape index (κ2) is 10.9. The number of hydrogen-bond acceptors (Lipinski definition) is 4. The van der Waals surface area contributed by atoms with E-state index in [2.05, 4.69) is 10.5 Å². The summed E-state index contributed by atoms with van der Waals surface area (Å²) in [6.45, 7) is -0.168. The van der Waals surface area contributed by atoms with Gasteiger partial charge in [-0.25, -0.2) is 13.8 Å². The highest BCUT2D eigenvalue weighted by Crippen LogP contribution is 2.17. The van der Waals surface area contributed by atoms with Crippen LogP contribution in [-0.2, 0) is 21.2 Å². The standard InChI is InChI=1S/C27H25N3O3S/c31-27(29-28-20-24-14-9-13-23-12-7-8-17-26(23)24)21-30(19-18-22-10-3-1-4-11-22)34(32,33)25-15-5-2-6-16-25/h1-17,20H,18-19,21H2,(H,29,31)/b28-20-. The van der Waals surface area contributed by atoms with Gasteiger partial charge in [0, 0.05) is 12.1 Å². The second-order valence-electron chi connectivity index (χ2n) is 7.75. The average Bonchev–Trinajstić information content (AvgIpc) is 2.87. The quantitative estimate of drug-likeness (QED) is 0.293. The molecule has 1 N–H and O–H groups in total. The van der Waals surface area contributed by atoms with Crippen LogP contribution in [0.4, 0.5) is 0 Å². The molecule has 0 fully saturated rings. The Kier molecular flexibility index (Phi) is 7.47. The number of rotatable bonds is 9. The van der Waals surface area contributed by atoms with Crippen molar-refractivity contribution in [2.75, 3.05) is 13.1 Å². The molecule has 4 aromatic carbocycles. The molecule has 0 aromatic heterocycles. The van der Waals surface area contributed by atoms with Gasteiger partial charge in [0.1, 0.15) is 0 Å². The Balaban J connectivity index is 1.48. The van der Waals surface area contributed by atoms with Crippen molar-refractivity contribution in [3.8, 4) is 0 Å². The minimum absolute atomic E-state index is 0.148. The van der Waals surface area contributed by atoms with Gasteiger partial charge in [-0.2, -0.15) is 9.41 Å². The van der Waals surface area contributed by atoms with E-state index in [9.17, 15) is 13.2 Å². The number of sulfonamides is 1. The molecule has 4 rings (SSSR count). The highest BCUT2D eigenvalue weighted by Gasteiger charge is 2.26. The van der Waals surface area contributed by atoms with Gasteiger partial charge in [0.25, 0.3) is 5.91 Å². The number of nitrogens with zero attached hydrogens (tertiary/aromatic N) is 2. The lowest BCUT2D eigenvalue weighted by Gasteiger charge is -2.21. The second-order valence-corrected chi connectivity index (χ2v) is 9.69. The predicted octanol–water partition coefficient (Wildman–Crippen LogP) is 4.22. The van der Waals surface area contributed by atoms with E-state index < -0.39 is 15.9 Å². The van der Waals surface area contributed by atoms with Crippen LogP contribution in [0.15, 0.2) is 113 Å². The summed E-state index contributed by atoms with van der Waals surface area (Å²) in [7, 11) is -3.85.